The largest absolute Gasteiger partial charge is 0.497 e. The van der Waals surface area contributed by atoms with E-state index in [2.05, 4.69) is 10.3 Å². The number of carboxylic acid groups (broad SMARTS) is 1. The second-order valence-electron chi connectivity index (χ2n) is 3.74. The predicted molar refractivity (Wildman–Crippen MR) is 72.2 cm³/mol. The van der Waals surface area contributed by atoms with Gasteiger partial charge in [-0.25, -0.2) is 4.79 Å². The molecule has 2 aromatic rings. The Labute approximate surface area is 112 Å². The van der Waals surface area contributed by atoms with Crippen molar-refractivity contribution in [1.82, 2.24) is 4.98 Å². The van der Waals surface area contributed by atoms with Crippen LogP contribution in [0.3, 0.4) is 0 Å². The van der Waals surface area contributed by atoms with Gasteiger partial charge in [-0.15, -0.1) is 0 Å². The third kappa shape index (κ3) is 3.14. The predicted octanol–water partition coefficient (Wildman–Crippen LogP) is 1.76. The highest BCUT2D eigenvalue weighted by Gasteiger charge is 2.11. The summed E-state index contributed by atoms with van der Waals surface area (Å²) in [6.07, 6.45) is 0. The number of H-pyrrole nitrogens is 1. The van der Waals surface area contributed by atoms with Crippen LogP contribution < -0.4 is 14.9 Å². The minimum Gasteiger partial charge on any atom is -0.497 e. The Morgan fingerprint density at radius 2 is 2.32 bits per heavy atom. The van der Waals surface area contributed by atoms with Crippen LogP contribution in [0.15, 0.2) is 28.4 Å². The van der Waals surface area contributed by atoms with Crippen LogP contribution in [0.1, 0.15) is 16.1 Å². The van der Waals surface area contributed by atoms with Gasteiger partial charge in [-0.3, -0.25) is 4.79 Å². The molecule has 0 aliphatic carbocycles. The van der Waals surface area contributed by atoms with Gasteiger partial charge in [-0.05, 0) is 12.1 Å². The molecule has 6 nitrogen and oxygen atoms in total. The van der Waals surface area contributed by atoms with E-state index in [9.17, 15) is 9.59 Å². The molecule has 1 aromatic heterocycles. The minimum atomic E-state index is -1.02. The summed E-state index contributed by atoms with van der Waals surface area (Å²) in [7, 11) is 1.51. The smallest absolute Gasteiger partial charge is 0.337 e. The van der Waals surface area contributed by atoms with Gasteiger partial charge in [0.15, 0.2) is 0 Å². The second kappa shape index (κ2) is 5.57. The van der Waals surface area contributed by atoms with E-state index in [1.54, 1.807) is 17.5 Å². The lowest BCUT2D eigenvalue weighted by atomic mass is 10.1. The van der Waals surface area contributed by atoms with Crippen LogP contribution in [0, 0.1) is 0 Å². The number of hydrogen-bond donors (Lipinski definition) is 3. The monoisotopic (exact) mass is 280 g/mol. The topological polar surface area (TPSA) is 91.4 Å². The van der Waals surface area contributed by atoms with E-state index in [1.807, 2.05) is 0 Å². The third-order valence-corrected chi connectivity index (χ3v) is 3.22. The molecule has 0 bridgehead atoms. The fraction of sp³-hybridized carbons (Fsp3) is 0.167. The molecule has 0 amide bonds. The van der Waals surface area contributed by atoms with Crippen LogP contribution in [0.25, 0.3) is 0 Å². The second-order valence-corrected chi connectivity index (χ2v) is 4.59. The molecule has 0 aliphatic rings. The average molecular weight is 280 g/mol. The lowest BCUT2D eigenvalue weighted by molar-refractivity contribution is 0.0698. The SMILES string of the molecule is COc1ccc(C(=O)O)c(NCc2csc(=O)[nH]2)c1. The summed E-state index contributed by atoms with van der Waals surface area (Å²) < 4.78 is 5.06. The van der Waals surface area contributed by atoms with E-state index >= 15 is 0 Å². The van der Waals surface area contributed by atoms with Crippen LogP contribution in [0.5, 0.6) is 5.75 Å². The number of rotatable bonds is 5. The molecule has 1 aromatic carbocycles. The van der Waals surface area contributed by atoms with Gasteiger partial charge in [0.1, 0.15) is 5.75 Å². The Balaban J connectivity index is 2.22. The number of aromatic carboxylic acids is 1. The number of aromatic nitrogens is 1. The van der Waals surface area contributed by atoms with Crippen LogP contribution in [-0.4, -0.2) is 23.2 Å². The molecule has 0 radical (unpaired) electrons. The van der Waals surface area contributed by atoms with Crippen molar-refractivity contribution in [2.75, 3.05) is 12.4 Å². The molecular formula is C12H12N2O4S. The number of thiazole rings is 1. The maximum Gasteiger partial charge on any atom is 0.337 e. The first-order valence-electron chi connectivity index (χ1n) is 5.42. The van der Waals surface area contributed by atoms with Gasteiger partial charge < -0.3 is 20.1 Å². The van der Waals surface area contributed by atoms with E-state index in [-0.39, 0.29) is 10.4 Å². The highest BCUT2D eigenvalue weighted by atomic mass is 32.1. The lowest BCUT2D eigenvalue weighted by Crippen LogP contribution is -2.08. The fourth-order valence-corrected chi connectivity index (χ4v) is 2.16. The molecule has 0 saturated heterocycles. The number of aromatic amines is 1. The molecule has 0 fully saturated rings. The molecule has 100 valence electrons. The zero-order valence-electron chi connectivity index (χ0n) is 10.1. The summed E-state index contributed by atoms with van der Waals surface area (Å²) >= 11 is 1.07. The average Bonchev–Trinajstić information content (AvgIpc) is 2.81. The normalized spacial score (nSPS) is 10.2. The molecule has 0 spiro atoms. The quantitative estimate of drug-likeness (QED) is 0.776. The van der Waals surface area contributed by atoms with Crippen LogP contribution in [-0.2, 0) is 6.54 Å². The summed E-state index contributed by atoms with van der Waals surface area (Å²) in [5, 5.41) is 13.8. The number of nitrogens with one attached hydrogen (secondary N) is 2. The van der Waals surface area contributed by atoms with Gasteiger partial charge in [0.2, 0.25) is 0 Å². The maximum absolute atomic E-state index is 11.1. The van der Waals surface area contributed by atoms with Gasteiger partial charge in [-0.2, -0.15) is 0 Å². The fourth-order valence-electron chi connectivity index (χ4n) is 1.57. The Bertz CT molecular complexity index is 647. The Morgan fingerprint density at radius 1 is 1.53 bits per heavy atom. The Kier molecular flexibility index (Phi) is 3.86. The Morgan fingerprint density at radius 3 is 2.89 bits per heavy atom. The van der Waals surface area contributed by atoms with E-state index in [4.69, 9.17) is 9.84 Å². The number of hydrogen-bond acceptors (Lipinski definition) is 5. The number of anilines is 1. The number of benzene rings is 1. The molecule has 0 unspecified atom stereocenters. The first-order valence-corrected chi connectivity index (χ1v) is 6.30. The summed E-state index contributed by atoms with van der Waals surface area (Å²) in [4.78, 5) is 24.6. The van der Waals surface area contributed by atoms with Crippen molar-refractivity contribution < 1.29 is 14.6 Å². The standard InChI is InChI=1S/C12H12N2O4S/c1-18-8-2-3-9(11(15)16)10(4-8)13-5-7-6-19-12(17)14-7/h2-4,6,13H,5H2,1H3,(H,14,17)(H,15,16). The van der Waals surface area contributed by atoms with Crippen molar-refractivity contribution in [2.24, 2.45) is 0 Å². The highest BCUT2D eigenvalue weighted by molar-refractivity contribution is 7.07. The number of methoxy groups -OCH3 is 1. The van der Waals surface area contributed by atoms with Crippen molar-refractivity contribution in [1.29, 1.82) is 0 Å². The van der Waals surface area contributed by atoms with Gasteiger partial charge in [0.05, 0.1) is 24.9 Å². The van der Waals surface area contributed by atoms with Crippen molar-refractivity contribution >= 4 is 23.0 Å². The summed E-state index contributed by atoms with van der Waals surface area (Å²) in [5.74, 6) is -0.463. The molecule has 19 heavy (non-hydrogen) atoms. The first kappa shape index (κ1) is 13.2. The third-order valence-electron chi connectivity index (χ3n) is 2.50. The van der Waals surface area contributed by atoms with E-state index in [0.29, 0.717) is 23.7 Å². The van der Waals surface area contributed by atoms with Crippen LogP contribution in [0.4, 0.5) is 5.69 Å². The molecule has 3 N–H and O–H groups in total. The molecule has 2 rings (SSSR count). The molecule has 0 atom stereocenters. The number of carboxylic acids is 1. The summed E-state index contributed by atoms with van der Waals surface area (Å²) in [6, 6.07) is 4.66. The van der Waals surface area contributed by atoms with E-state index < -0.39 is 5.97 Å². The minimum absolute atomic E-state index is 0.138. The Hall–Kier alpha value is -2.28. The zero-order valence-corrected chi connectivity index (χ0v) is 10.9. The number of carbonyl (C=O) groups is 1. The van der Waals surface area contributed by atoms with E-state index in [1.165, 1.54) is 13.2 Å². The van der Waals surface area contributed by atoms with Crippen molar-refractivity contribution in [3.05, 3.63) is 44.5 Å². The molecule has 0 aliphatic heterocycles. The summed E-state index contributed by atoms with van der Waals surface area (Å²) in [6.45, 7) is 0.339. The molecular weight excluding hydrogens is 268 g/mol. The first-order chi connectivity index (χ1) is 9.10. The lowest BCUT2D eigenvalue weighted by Gasteiger charge is -2.10. The molecule has 0 saturated carbocycles. The van der Waals surface area contributed by atoms with Crippen molar-refractivity contribution in [3.63, 3.8) is 0 Å². The van der Waals surface area contributed by atoms with Gasteiger partial charge >= 0.3 is 10.8 Å². The molecule has 1 heterocycles. The van der Waals surface area contributed by atoms with Crippen LogP contribution >= 0.6 is 11.3 Å². The van der Waals surface area contributed by atoms with E-state index in [0.717, 1.165) is 11.3 Å². The zero-order chi connectivity index (χ0) is 13.8. The van der Waals surface area contributed by atoms with Gasteiger partial charge in [0, 0.05) is 17.1 Å². The highest BCUT2D eigenvalue weighted by Crippen LogP contribution is 2.23. The van der Waals surface area contributed by atoms with Crippen molar-refractivity contribution in [2.45, 2.75) is 6.54 Å². The summed E-state index contributed by atoms with van der Waals surface area (Å²) in [5.41, 5.74) is 1.30. The van der Waals surface area contributed by atoms with Crippen LogP contribution in [0.2, 0.25) is 0 Å². The molecule has 7 heteroatoms. The maximum atomic E-state index is 11.1. The number of ether oxygens (including phenoxy) is 1. The van der Waals surface area contributed by atoms with Gasteiger partial charge in [0.25, 0.3) is 0 Å². The van der Waals surface area contributed by atoms with Gasteiger partial charge in [-0.1, -0.05) is 11.3 Å². The van der Waals surface area contributed by atoms with Crippen molar-refractivity contribution in [3.8, 4) is 5.75 Å².